The largest absolute Gasteiger partial charge is 0.478 e. The van der Waals surface area contributed by atoms with E-state index in [0.29, 0.717) is 5.56 Å². The van der Waals surface area contributed by atoms with Gasteiger partial charge in [-0.3, -0.25) is 0 Å². The average molecular weight is 292 g/mol. The SMILES string of the molecule is Cc1cccc2c1sc1c3ccccc3cc(C(=O)O)c21. The van der Waals surface area contributed by atoms with Crippen molar-refractivity contribution in [3.05, 3.63) is 59.7 Å². The van der Waals surface area contributed by atoms with E-state index in [1.807, 2.05) is 30.3 Å². The van der Waals surface area contributed by atoms with Gasteiger partial charge in [0.25, 0.3) is 0 Å². The van der Waals surface area contributed by atoms with Gasteiger partial charge in [-0.2, -0.15) is 0 Å². The van der Waals surface area contributed by atoms with Crippen molar-refractivity contribution in [3.8, 4) is 0 Å². The smallest absolute Gasteiger partial charge is 0.336 e. The van der Waals surface area contributed by atoms with Crippen molar-refractivity contribution in [2.45, 2.75) is 6.92 Å². The summed E-state index contributed by atoms with van der Waals surface area (Å²) in [6.07, 6.45) is 0. The molecule has 0 aliphatic carbocycles. The summed E-state index contributed by atoms with van der Waals surface area (Å²) in [5, 5.41) is 13.6. The maximum Gasteiger partial charge on any atom is 0.336 e. The quantitative estimate of drug-likeness (QED) is 0.522. The zero-order valence-corrected chi connectivity index (χ0v) is 12.2. The lowest BCUT2D eigenvalue weighted by molar-refractivity contribution is 0.0699. The van der Waals surface area contributed by atoms with E-state index in [0.717, 1.165) is 26.2 Å². The average Bonchev–Trinajstić information content (AvgIpc) is 2.87. The minimum Gasteiger partial charge on any atom is -0.478 e. The summed E-state index contributed by atoms with van der Waals surface area (Å²) in [6.45, 7) is 2.07. The number of aromatic carboxylic acids is 1. The fourth-order valence-electron chi connectivity index (χ4n) is 2.94. The van der Waals surface area contributed by atoms with E-state index in [4.69, 9.17) is 0 Å². The molecule has 0 unspecified atom stereocenters. The maximum atomic E-state index is 11.7. The van der Waals surface area contributed by atoms with Crippen LogP contribution >= 0.6 is 11.3 Å². The van der Waals surface area contributed by atoms with Crippen molar-refractivity contribution in [3.63, 3.8) is 0 Å². The maximum absolute atomic E-state index is 11.7. The molecule has 0 aliphatic rings. The summed E-state index contributed by atoms with van der Waals surface area (Å²) >= 11 is 1.69. The molecule has 4 aromatic rings. The molecule has 1 heterocycles. The van der Waals surface area contributed by atoms with Crippen LogP contribution in [-0.4, -0.2) is 11.1 Å². The van der Waals surface area contributed by atoms with E-state index < -0.39 is 5.97 Å². The number of benzene rings is 3. The fraction of sp³-hybridized carbons (Fsp3) is 0.0556. The Kier molecular flexibility index (Phi) is 2.53. The van der Waals surface area contributed by atoms with Crippen LogP contribution < -0.4 is 0 Å². The second-order valence-electron chi connectivity index (χ2n) is 5.21. The highest BCUT2D eigenvalue weighted by molar-refractivity contribution is 7.27. The number of carboxylic acids is 1. The lowest BCUT2D eigenvalue weighted by Crippen LogP contribution is -1.97. The lowest BCUT2D eigenvalue weighted by Gasteiger charge is -2.04. The van der Waals surface area contributed by atoms with E-state index in [1.54, 1.807) is 17.4 Å². The van der Waals surface area contributed by atoms with Crippen molar-refractivity contribution in [2.24, 2.45) is 0 Å². The third kappa shape index (κ3) is 1.68. The van der Waals surface area contributed by atoms with Crippen LogP contribution in [0.5, 0.6) is 0 Å². The predicted molar refractivity (Wildman–Crippen MR) is 88.5 cm³/mol. The van der Waals surface area contributed by atoms with Crippen molar-refractivity contribution in [2.75, 3.05) is 0 Å². The van der Waals surface area contributed by atoms with Gasteiger partial charge in [0.15, 0.2) is 0 Å². The molecule has 1 aromatic heterocycles. The molecule has 0 radical (unpaired) electrons. The van der Waals surface area contributed by atoms with Gasteiger partial charge < -0.3 is 5.11 Å². The number of carboxylic acid groups (broad SMARTS) is 1. The topological polar surface area (TPSA) is 37.3 Å². The highest BCUT2D eigenvalue weighted by atomic mass is 32.1. The van der Waals surface area contributed by atoms with Crippen LogP contribution in [0.4, 0.5) is 0 Å². The van der Waals surface area contributed by atoms with Gasteiger partial charge in [0, 0.05) is 20.2 Å². The number of aryl methyl sites for hydroxylation is 1. The second kappa shape index (κ2) is 4.30. The van der Waals surface area contributed by atoms with Gasteiger partial charge in [0.2, 0.25) is 0 Å². The van der Waals surface area contributed by atoms with Crippen LogP contribution in [0.1, 0.15) is 15.9 Å². The van der Waals surface area contributed by atoms with Crippen molar-refractivity contribution in [1.82, 2.24) is 0 Å². The van der Waals surface area contributed by atoms with Crippen LogP contribution in [0.3, 0.4) is 0 Å². The van der Waals surface area contributed by atoms with E-state index in [-0.39, 0.29) is 0 Å². The molecule has 0 amide bonds. The molecule has 4 rings (SSSR count). The minimum atomic E-state index is -0.869. The second-order valence-corrected chi connectivity index (χ2v) is 6.23. The van der Waals surface area contributed by atoms with Crippen LogP contribution in [0.25, 0.3) is 30.9 Å². The highest BCUT2D eigenvalue weighted by Gasteiger charge is 2.17. The molecule has 0 fully saturated rings. The fourth-order valence-corrected chi connectivity index (χ4v) is 4.27. The van der Waals surface area contributed by atoms with Crippen molar-refractivity contribution >= 4 is 48.3 Å². The number of hydrogen-bond acceptors (Lipinski definition) is 2. The molecule has 3 aromatic carbocycles. The molecule has 2 nitrogen and oxygen atoms in total. The van der Waals surface area contributed by atoms with Crippen LogP contribution in [0, 0.1) is 6.92 Å². The summed E-state index contributed by atoms with van der Waals surface area (Å²) in [4.78, 5) is 11.7. The van der Waals surface area contributed by atoms with Crippen LogP contribution in [0.2, 0.25) is 0 Å². The molecule has 0 saturated heterocycles. The highest BCUT2D eigenvalue weighted by Crippen LogP contribution is 2.41. The number of rotatable bonds is 1. The summed E-state index contributed by atoms with van der Waals surface area (Å²) in [5.74, 6) is -0.869. The molecule has 0 atom stereocenters. The summed E-state index contributed by atoms with van der Waals surface area (Å²) in [5.41, 5.74) is 1.58. The molecule has 0 aliphatic heterocycles. The summed E-state index contributed by atoms with van der Waals surface area (Å²) < 4.78 is 2.24. The Morgan fingerprint density at radius 1 is 1.00 bits per heavy atom. The Bertz CT molecular complexity index is 1030. The molecular formula is C18H12O2S. The van der Waals surface area contributed by atoms with Gasteiger partial charge in [-0.15, -0.1) is 11.3 Å². The van der Waals surface area contributed by atoms with Gasteiger partial charge >= 0.3 is 5.97 Å². The number of hydrogen-bond donors (Lipinski definition) is 1. The molecule has 0 bridgehead atoms. The molecule has 102 valence electrons. The zero-order chi connectivity index (χ0) is 14.6. The van der Waals surface area contributed by atoms with E-state index in [2.05, 4.69) is 19.1 Å². The normalized spacial score (nSPS) is 11.5. The first-order chi connectivity index (χ1) is 10.2. The van der Waals surface area contributed by atoms with Crippen molar-refractivity contribution < 1.29 is 9.90 Å². The summed E-state index contributed by atoms with van der Waals surface area (Å²) in [7, 11) is 0. The molecule has 21 heavy (non-hydrogen) atoms. The van der Waals surface area contributed by atoms with Gasteiger partial charge in [-0.25, -0.2) is 4.79 Å². The van der Waals surface area contributed by atoms with Gasteiger partial charge in [-0.1, -0.05) is 42.5 Å². The lowest BCUT2D eigenvalue weighted by atomic mass is 10.00. The molecule has 0 spiro atoms. The Labute approximate surface area is 125 Å². The predicted octanol–water partition coefficient (Wildman–Crippen LogP) is 5.21. The minimum absolute atomic E-state index is 0.389. The first-order valence-electron chi connectivity index (χ1n) is 6.73. The summed E-state index contributed by atoms with van der Waals surface area (Å²) in [6, 6.07) is 15.8. The van der Waals surface area contributed by atoms with E-state index in [9.17, 15) is 9.90 Å². The van der Waals surface area contributed by atoms with Gasteiger partial charge in [-0.05, 0) is 29.3 Å². The first kappa shape index (κ1) is 12.4. The molecule has 3 heteroatoms. The molecule has 0 saturated carbocycles. The Balaban J connectivity index is 2.37. The third-order valence-corrected chi connectivity index (χ3v) is 5.29. The molecule has 1 N–H and O–H groups in total. The van der Waals surface area contributed by atoms with Crippen LogP contribution in [0.15, 0.2) is 48.5 Å². The van der Waals surface area contributed by atoms with Crippen LogP contribution in [-0.2, 0) is 0 Å². The number of fused-ring (bicyclic) bond motifs is 5. The Morgan fingerprint density at radius 2 is 1.76 bits per heavy atom. The van der Waals surface area contributed by atoms with Gasteiger partial charge in [0.1, 0.15) is 0 Å². The Hall–Kier alpha value is -2.39. The number of thiophene rings is 1. The zero-order valence-electron chi connectivity index (χ0n) is 11.4. The Morgan fingerprint density at radius 3 is 2.57 bits per heavy atom. The van der Waals surface area contributed by atoms with E-state index >= 15 is 0 Å². The van der Waals surface area contributed by atoms with Gasteiger partial charge in [0.05, 0.1) is 5.56 Å². The molecular weight excluding hydrogens is 280 g/mol. The standard InChI is InChI=1S/C18H12O2S/c1-10-5-4-8-13-15-14(18(19)20)9-11-6-2-3-7-12(11)17(15)21-16(10)13/h2-9H,1H3,(H,19,20). The first-order valence-corrected chi connectivity index (χ1v) is 7.55. The third-order valence-electron chi connectivity index (χ3n) is 3.92. The monoisotopic (exact) mass is 292 g/mol. The van der Waals surface area contributed by atoms with E-state index in [1.165, 1.54) is 10.3 Å². The number of carbonyl (C=O) groups is 1. The van der Waals surface area contributed by atoms with Crippen molar-refractivity contribution in [1.29, 1.82) is 0 Å².